The van der Waals surface area contributed by atoms with Crippen molar-refractivity contribution in [3.8, 4) is 0 Å². The zero-order chi connectivity index (χ0) is 14.4. The Hall–Kier alpha value is -1.30. The molecule has 1 heterocycles. The van der Waals surface area contributed by atoms with Crippen LogP contribution in [0.5, 0.6) is 0 Å². The Kier molecular flexibility index (Phi) is 6.08. The molecular weight excluding hydrogens is 244 g/mol. The molecule has 0 aliphatic carbocycles. The molecule has 6 nitrogen and oxygen atoms in total. The number of oxime groups is 1. The zero-order valence-electron chi connectivity index (χ0n) is 12.2. The monoisotopic (exact) mass is 270 g/mol. The van der Waals surface area contributed by atoms with Crippen LogP contribution in [0.1, 0.15) is 33.6 Å². The van der Waals surface area contributed by atoms with Crippen LogP contribution in [0, 0.1) is 5.92 Å². The predicted molar refractivity (Wildman–Crippen MR) is 75.1 cm³/mol. The lowest BCUT2D eigenvalue weighted by atomic mass is 10.1. The van der Waals surface area contributed by atoms with Gasteiger partial charge in [0.25, 0.3) is 0 Å². The Balaban J connectivity index is 2.55. The first-order valence-electron chi connectivity index (χ1n) is 7.05. The lowest BCUT2D eigenvalue weighted by Gasteiger charge is -2.39. The van der Waals surface area contributed by atoms with Crippen molar-refractivity contribution in [1.82, 2.24) is 9.80 Å². The molecule has 1 amide bonds. The van der Waals surface area contributed by atoms with Crippen molar-refractivity contribution in [1.29, 1.82) is 0 Å². The first kappa shape index (κ1) is 15.8. The Morgan fingerprint density at radius 2 is 1.84 bits per heavy atom. The molecule has 0 aromatic heterocycles. The maximum Gasteiger partial charge on any atom is 0.225 e. The van der Waals surface area contributed by atoms with Crippen LogP contribution in [-0.2, 0) is 4.79 Å². The predicted octanol–water partition coefficient (Wildman–Crippen LogP) is 0.702. The van der Waals surface area contributed by atoms with Crippen molar-refractivity contribution < 1.29 is 10.0 Å². The first-order chi connectivity index (χ1) is 9.04. The van der Waals surface area contributed by atoms with E-state index in [1.807, 2.05) is 25.7 Å². The fourth-order valence-electron chi connectivity index (χ4n) is 2.46. The molecule has 1 saturated heterocycles. The Labute approximate surface area is 115 Å². The minimum absolute atomic E-state index is 0.0362. The molecule has 1 rings (SSSR count). The molecule has 2 atom stereocenters. The van der Waals surface area contributed by atoms with E-state index in [9.17, 15) is 4.79 Å². The number of nitrogens with two attached hydrogens (primary N) is 1. The molecular formula is C13H26N4O2. The zero-order valence-corrected chi connectivity index (χ0v) is 12.2. The van der Waals surface area contributed by atoms with E-state index in [1.54, 1.807) is 0 Å². The van der Waals surface area contributed by atoms with Crippen LogP contribution in [0.15, 0.2) is 5.16 Å². The van der Waals surface area contributed by atoms with Gasteiger partial charge >= 0.3 is 0 Å². The molecule has 1 fully saturated rings. The summed E-state index contributed by atoms with van der Waals surface area (Å²) < 4.78 is 0. The fourth-order valence-corrected chi connectivity index (χ4v) is 2.46. The van der Waals surface area contributed by atoms with Gasteiger partial charge in [-0.1, -0.05) is 25.9 Å². The van der Waals surface area contributed by atoms with Crippen LogP contribution in [0.25, 0.3) is 0 Å². The highest BCUT2D eigenvalue weighted by Crippen LogP contribution is 2.13. The van der Waals surface area contributed by atoms with Gasteiger partial charge in [-0.2, -0.15) is 0 Å². The summed E-state index contributed by atoms with van der Waals surface area (Å²) in [6.45, 7) is 9.01. The van der Waals surface area contributed by atoms with Gasteiger partial charge in [0.1, 0.15) is 0 Å². The lowest BCUT2D eigenvalue weighted by molar-refractivity contribution is -0.137. The smallest absolute Gasteiger partial charge is 0.225 e. The second-order valence-corrected chi connectivity index (χ2v) is 5.12. The number of rotatable bonds is 5. The van der Waals surface area contributed by atoms with E-state index in [2.05, 4.69) is 10.1 Å². The van der Waals surface area contributed by atoms with Gasteiger partial charge < -0.3 is 15.8 Å². The molecule has 6 heteroatoms. The van der Waals surface area contributed by atoms with Gasteiger partial charge in [-0.25, -0.2) is 0 Å². The molecule has 2 unspecified atom stereocenters. The summed E-state index contributed by atoms with van der Waals surface area (Å²) in [5.74, 6) is 0.584. The molecule has 110 valence electrons. The SMILES string of the molecule is CCC(C)C(=O)N1CCN(C(CC)C(N)=NO)CC1. The van der Waals surface area contributed by atoms with E-state index in [1.165, 1.54) is 0 Å². The van der Waals surface area contributed by atoms with Gasteiger partial charge in [-0.05, 0) is 12.8 Å². The van der Waals surface area contributed by atoms with E-state index in [4.69, 9.17) is 10.9 Å². The number of nitrogens with zero attached hydrogens (tertiary/aromatic N) is 3. The summed E-state index contributed by atoms with van der Waals surface area (Å²) in [5, 5.41) is 11.9. The molecule has 0 saturated carbocycles. The number of piperazine rings is 1. The van der Waals surface area contributed by atoms with Crippen molar-refractivity contribution in [2.24, 2.45) is 16.8 Å². The van der Waals surface area contributed by atoms with Crippen LogP contribution < -0.4 is 5.73 Å². The van der Waals surface area contributed by atoms with Gasteiger partial charge in [0.05, 0.1) is 6.04 Å². The molecule has 1 aliphatic rings. The maximum absolute atomic E-state index is 12.1. The Morgan fingerprint density at radius 3 is 2.26 bits per heavy atom. The van der Waals surface area contributed by atoms with Gasteiger partial charge in [0.15, 0.2) is 5.84 Å². The van der Waals surface area contributed by atoms with Crippen LogP contribution >= 0.6 is 0 Å². The number of amides is 1. The highest BCUT2D eigenvalue weighted by atomic mass is 16.4. The minimum atomic E-state index is -0.0362. The van der Waals surface area contributed by atoms with E-state index in [-0.39, 0.29) is 23.7 Å². The van der Waals surface area contributed by atoms with Gasteiger partial charge in [0.2, 0.25) is 5.91 Å². The number of amidine groups is 1. The maximum atomic E-state index is 12.1. The van der Waals surface area contributed by atoms with Crippen LogP contribution in [-0.4, -0.2) is 59.0 Å². The minimum Gasteiger partial charge on any atom is -0.409 e. The quantitative estimate of drug-likeness (QED) is 0.333. The Morgan fingerprint density at radius 1 is 1.26 bits per heavy atom. The van der Waals surface area contributed by atoms with E-state index >= 15 is 0 Å². The van der Waals surface area contributed by atoms with Crippen molar-refractivity contribution in [3.05, 3.63) is 0 Å². The van der Waals surface area contributed by atoms with Crippen molar-refractivity contribution in [3.63, 3.8) is 0 Å². The lowest BCUT2D eigenvalue weighted by Crippen LogP contribution is -2.55. The molecule has 0 aromatic rings. The van der Waals surface area contributed by atoms with Crippen molar-refractivity contribution >= 4 is 11.7 Å². The fraction of sp³-hybridized carbons (Fsp3) is 0.846. The van der Waals surface area contributed by atoms with E-state index < -0.39 is 0 Å². The van der Waals surface area contributed by atoms with Crippen molar-refractivity contribution in [2.45, 2.75) is 39.7 Å². The summed E-state index contributed by atoms with van der Waals surface area (Å²) >= 11 is 0. The molecule has 0 aromatic carbocycles. The second kappa shape index (κ2) is 7.33. The Bertz CT molecular complexity index is 325. The topological polar surface area (TPSA) is 82.2 Å². The van der Waals surface area contributed by atoms with Gasteiger partial charge in [-0.15, -0.1) is 0 Å². The third-order valence-electron chi connectivity index (χ3n) is 3.94. The van der Waals surface area contributed by atoms with Crippen molar-refractivity contribution in [2.75, 3.05) is 26.2 Å². The average Bonchev–Trinajstić information content (AvgIpc) is 2.46. The molecule has 0 spiro atoms. The summed E-state index contributed by atoms with van der Waals surface area (Å²) in [7, 11) is 0. The normalized spacial score (nSPS) is 21.2. The first-order valence-corrected chi connectivity index (χ1v) is 7.05. The van der Waals surface area contributed by atoms with E-state index in [0.717, 1.165) is 39.0 Å². The summed E-state index contributed by atoms with van der Waals surface area (Å²) in [4.78, 5) is 16.2. The highest BCUT2D eigenvalue weighted by Gasteiger charge is 2.28. The summed E-state index contributed by atoms with van der Waals surface area (Å²) in [6.07, 6.45) is 1.68. The van der Waals surface area contributed by atoms with Gasteiger partial charge in [0, 0.05) is 32.1 Å². The number of hydrogen-bond acceptors (Lipinski definition) is 4. The molecule has 1 aliphatic heterocycles. The van der Waals surface area contributed by atoms with Crippen LogP contribution in [0.2, 0.25) is 0 Å². The van der Waals surface area contributed by atoms with Crippen LogP contribution in [0.4, 0.5) is 0 Å². The van der Waals surface area contributed by atoms with Crippen LogP contribution in [0.3, 0.4) is 0 Å². The van der Waals surface area contributed by atoms with Gasteiger partial charge in [-0.3, -0.25) is 9.69 Å². The molecule has 0 bridgehead atoms. The van der Waals surface area contributed by atoms with E-state index in [0.29, 0.717) is 0 Å². The summed E-state index contributed by atoms with van der Waals surface area (Å²) in [6, 6.07) is -0.0362. The molecule has 19 heavy (non-hydrogen) atoms. The standard InChI is InChI=1S/C13H26N4O2/c1-4-10(3)13(18)17-8-6-16(7-9-17)11(5-2)12(14)15-19/h10-11,19H,4-9H2,1-3H3,(H2,14,15). The average molecular weight is 270 g/mol. The summed E-state index contributed by atoms with van der Waals surface area (Å²) in [5.41, 5.74) is 5.70. The number of carbonyl (C=O) groups excluding carboxylic acids is 1. The third-order valence-corrected chi connectivity index (χ3v) is 3.94. The second-order valence-electron chi connectivity index (χ2n) is 5.12. The number of hydrogen-bond donors (Lipinski definition) is 2. The third kappa shape index (κ3) is 3.83. The highest BCUT2D eigenvalue weighted by molar-refractivity contribution is 5.85. The largest absolute Gasteiger partial charge is 0.409 e. The molecule has 0 radical (unpaired) electrons. The number of carbonyl (C=O) groups is 1. The molecule has 3 N–H and O–H groups in total.